The van der Waals surface area contributed by atoms with Gasteiger partial charge in [-0.3, -0.25) is 0 Å². The summed E-state index contributed by atoms with van der Waals surface area (Å²) < 4.78 is 13.6. The van der Waals surface area contributed by atoms with E-state index in [1.807, 2.05) is 6.07 Å². The Morgan fingerprint density at radius 3 is 2.58 bits per heavy atom. The molecule has 1 N–H and O–H groups in total. The maximum Gasteiger partial charge on any atom is 0.123 e. The second-order valence-corrected chi connectivity index (χ2v) is 6.23. The second-order valence-electron chi connectivity index (χ2n) is 6.23. The van der Waals surface area contributed by atoms with E-state index in [9.17, 15) is 4.39 Å². The molecule has 0 spiro atoms. The van der Waals surface area contributed by atoms with E-state index in [0.717, 1.165) is 24.3 Å². The summed E-state index contributed by atoms with van der Waals surface area (Å²) in [5.74, 6) is 2.41. The minimum Gasteiger partial charge on any atom is -0.310 e. The van der Waals surface area contributed by atoms with Crippen LogP contribution in [0.2, 0.25) is 0 Å². The first-order valence-electron chi connectivity index (χ1n) is 7.71. The number of aryl methyl sites for hydroxylation is 1. The lowest BCUT2D eigenvalue weighted by Crippen LogP contribution is -2.24. The van der Waals surface area contributed by atoms with Crippen molar-refractivity contribution in [3.05, 3.63) is 35.1 Å². The molecule has 2 aliphatic carbocycles. The number of nitrogens with one attached hydrogen (secondary N) is 1. The molecule has 3 unspecified atom stereocenters. The van der Waals surface area contributed by atoms with Crippen LogP contribution in [0.1, 0.15) is 49.8 Å². The highest BCUT2D eigenvalue weighted by Gasteiger charge is 2.54. The normalized spacial score (nSPS) is 30.8. The predicted molar refractivity (Wildman–Crippen MR) is 76.5 cm³/mol. The molecule has 3 atom stereocenters. The van der Waals surface area contributed by atoms with Gasteiger partial charge in [-0.25, -0.2) is 4.39 Å². The Morgan fingerprint density at radius 2 is 1.95 bits per heavy atom. The maximum absolute atomic E-state index is 13.6. The molecule has 1 aromatic carbocycles. The Bertz CT molecular complexity index is 445. The van der Waals surface area contributed by atoms with Crippen LogP contribution < -0.4 is 5.32 Å². The van der Waals surface area contributed by atoms with E-state index in [-0.39, 0.29) is 5.82 Å². The van der Waals surface area contributed by atoms with Gasteiger partial charge in [-0.2, -0.15) is 0 Å². The highest BCUT2D eigenvalue weighted by Crippen LogP contribution is 2.60. The fraction of sp³-hybridized carbons (Fsp3) is 0.647. The van der Waals surface area contributed by atoms with Gasteiger partial charge in [0.25, 0.3) is 0 Å². The maximum atomic E-state index is 13.6. The molecular weight excluding hydrogens is 237 g/mol. The van der Waals surface area contributed by atoms with Crippen molar-refractivity contribution in [2.45, 2.75) is 45.6 Å². The Morgan fingerprint density at radius 1 is 1.26 bits per heavy atom. The summed E-state index contributed by atoms with van der Waals surface area (Å²) in [4.78, 5) is 0. The third-order valence-corrected chi connectivity index (χ3v) is 5.11. The third kappa shape index (κ3) is 2.43. The first-order chi connectivity index (χ1) is 9.22. The molecule has 19 heavy (non-hydrogen) atoms. The van der Waals surface area contributed by atoms with E-state index in [2.05, 4.69) is 19.2 Å². The molecule has 0 bridgehead atoms. The summed E-state index contributed by atoms with van der Waals surface area (Å²) in [6.07, 6.45) is 5.54. The molecule has 0 saturated heterocycles. The summed E-state index contributed by atoms with van der Waals surface area (Å²) in [6.45, 7) is 5.20. The smallest absolute Gasteiger partial charge is 0.123 e. The zero-order valence-electron chi connectivity index (χ0n) is 12.0. The minimum atomic E-state index is -0.105. The SMILES string of the molecule is CCNC(c1cc(F)ccc1C)C1C2CCCCC21. The molecule has 2 saturated carbocycles. The van der Waals surface area contributed by atoms with E-state index in [1.165, 1.54) is 36.8 Å². The fourth-order valence-corrected chi connectivity index (χ4v) is 4.16. The highest BCUT2D eigenvalue weighted by atomic mass is 19.1. The van der Waals surface area contributed by atoms with Crippen molar-refractivity contribution in [3.8, 4) is 0 Å². The quantitative estimate of drug-likeness (QED) is 0.855. The summed E-state index contributed by atoms with van der Waals surface area (Å²) in [6, 6.07) is 5.59. The largest absolute Gasteiger partial charge is 0.310 e. The molecule has 0 aliphatic heterocycles. The monoisotopic (exact) mass is 261 g/mol. The van der Waals surface area contributed by atoms with Gasteiger partial charge in [-0.1, -0.05) is 25.8 Å². The predicted octanol–water partition coefficient (Wildman–Crippen LogP) is 4.22. The topological polar surface area (TPSA) is 12.0 Å². The van der Waals surface area contributed by atoms with Gasteiger partial charge in [0.05, 0.1) is 0 Å². The van der Waals surface area contributed by atoms with Crippen LogP contribution in [0.4, 0.5) is 4.39 Å². The van der Waals surface area contributed by atoms with Gasteiger partial charge in [-0.05, 0) is 67.3 Å². The average molecular weight is 261 g/mol. The first-order valence-corrected chi connectivity index (χ1v) is 7.71. The van der Waals surface area contributed by atoms with E-state index in [4.69, 9.17) is 0 Å². The van der Waals surface area contributed by atoms with Crippen LogP contribution in [0.25, 0.3) is 0 Å². The van der Waals surface area contributed by atoms with Crippen LogP contribution in [0, 0.1) is 30.5 Å². The number of rotatable bonds is 4. The van der Waals surface area contributed by atoms with E-state index < -0.39 is 0 Å². The molecule has 0 radical (unpaired) electrons. The summed E-state index contributed by atoms with van der Waals surface area (Å²) in [5, 5.41) is 3.62. The summed E-state index contributed by atoms with van der Waals surface area (Å²) >= 11 is 0. The number of hydrogen-bond acceptors (Lipinski definition) is 1. The molecule has 1 nitrogen and oxygen atoms in total. The zero-order valence-corrected chi connectivity index (χ0v) is 12.0. The van der Waals surface area contributed by atoms with Gasteiger partial charge >= 0.3 is 0 Å². The Kier molecular flexibility index (Phi) is 3.62. The van der Waals surface area contributed by atoms with Crippen LogP contribution in [0.5, 0.6) is 0 Å². The molecule has 2 fully saturated rings. The van der Waals surface area contributed by atoms with Crippen molar-refractivity contribution in [3.63, 3.8) is 0 Å². The molecule has 1 aromatic rings. The Labute approximate surface area is 115 Å². The van der Waals surface area contributed by atoms with Gasteiger partial charge in [-0.15, -0.1) is 0 Å². The van der Waals surface area contributed by atoms with Gasteiger partial charge in [0, 0.05) is 6.04 Å². The summed E-state index contributed by atoms with van der Waals surface area (Å²) in [5.41, 5.74) is 2.40. The van der Waals surface area contributed by atoms with Gasteiger partial charge in [0.2, 0.25) is 0 Å². The lowest BCUT2D eigenvalue weighted by molar-refractivity contribution is 0.452. The van der Waals surface area contributed by atoms with Crippen molar-refractivity contribution in [2.24, 2.45) is 17.8 Å². The van der Waals surface area contributed by atoms with Gasteiger partial charge < -0.3 is 5.32 Å². The van der Waals surface area contributed by atoms with Crippen LogP contribution >= 0.6 is 0 Å². The Hall–Kier alpha value is -0.890. The molecule has 0 heterocycles. The van der Waals surface area contributed by atoms with Crippen molar-refractivity contribution >= 4 is 0 Å². The number of fused-ring (bicyclic) bond motifs is 1. The van der Waals surface area contributed by atoms with E-state index in [0.29, 0.717) is 6.04 Å². The lowest BCUT2D eigenvalue weighted by Gasteiger charge is -2.21. The zero-order chi connectivity index (χ0) is 13.4. The van der Waals surface area contributed by atoms with Crippen LogP contribution in [0.3, 0.4) is 0 Å². The van der Waals surface area contributed by atoms with Crippen molar-refractivity contribution in [2.75, 3.05) is 6.54 Å². The molecule has 3 rings (SSSR count). The van der Waals surface area contributed by atoms with E-state index >= 15 is 0 Å². The third-order valence-electron chi connectivity index (χ3n) is 5.11. The van der Waals surface area contributed by atoms with Gasteiger partial charge in [0.15, 0.2) is 0 Å². The molecule has 2 heteroatoms. The molecular formula is C17H24FN. The van der Waals surface area contributed by atoms with Crippen molar-refractivity contribution in [1.82, 2.24) is 5.32 Å². The molecule has 104 valence electrons. The van der Waals surface area contributed by atoms with E-state index in [1.54, 1.807) is 12.1 Å². The minimum absolute atomic E-state index is 0.105. The first kappa shape index (κ1) is 13.1. The van der Waals surface area contributed by atoms with Crippen LogP contribution in [-0.4, -0.2) is 6.54 Å². The number of hydrogen-bond donors (Lipinski definition) is 1. The molecule has 0 aromatic heterocycles. The average Bonchev–Trinajstić information content (AvgIpc) is 3.13. The van der Waals surface area contributed by atoms with Crippen LogP contribution in [-0.2, 0) is 0 Å². The number of halogens is 1. The standard InChI is InChI=1S/C17H24FN/c1-3-19-17(15-10-12(18)9-8-11(15)2)16-13-6-4-5-7-14(13)16/h8-10,13-14,16-17,19H,3-7H2,1-2H3. The Balaban J connectivity index is 1.86. The molecule has 0 amide bonds. The van der Waals surface area contributed by atoms with Crippen molar-refractivity contribution in [1.29, 1.82) is 0 Å². The van der Waals surface area contributed by atoms with Crippen LogP contribution in [0.15, 0.2) is 18.2 Å². The van der Waals surface area contributed by atoms with Gasteiger partial charge in [0.1, 0.15) is 5.82 Å². The highest BCUT2D eigenvalue weighted by molar-refractivity contribution is 5.32. The fourth-order valence-electron chi connectivity index (χ4n) is 4.16. The lowest BCUT2D eigenvalue weighted by atomic mass is 9.95. The summed E-state index contributed by atoms with van der Waals surface area (Å²) in [7, 11) is 0. The second kappa shape index (κ2) is 5.24. The number of benzene rings is 1. The molecule has 2 aliphatic rings. The van der Waals surface area contributed by atoms with Crippen molar-refractivity contribution < 1.29 is 4.39 Å².